The lowest BCUT2D eigenvalue weighted by atomic mass is 10.0. The predicted octanol–water partition coefficient (Wildman–Crippen LogP) is 2.46. The van der Waals surface area contributed by atoms with E-state index in [0.29, 0.717) is 11.0 Å². The van der Waals surface area contributed by atoms with Gasteiger partial charge >= 0.3 is 0 Å². The number of nitrogens with one attached hydrogen (secondary N) is 1. The summed E-state index contributed by atoms with van der Waals surface area (Å²) in [5, 5.41) is 23.1. The average Bonchev–Trinajstić information content (AvgIpc) is 2.35. The second-order valence-electron chi connectivity index (χ2n) is 4.34. The van der Waals surface area contributed by atoms with Crippen molar-refractivity contribution in [3.63, 3.8) is 0 Å². The van der Waals surface area contributed by atoms with E-state index in [9.17, 15) is 10.1 Å². The first-order valence-corrected chi connectivity index (χ1v) is 6.52. The van der Waals surface area contributed by atoms with E-state index in [4.69, 9.17) is 5.11 Å². The minimum Gasteiger partial charge on any atom is -0.396 e. The van der Waals surface area contributed by atoms with Crippen molar-refractivity contribution in [1.29, 1.82) is 0 Å². The van der Waals surface area contributed by atoms with Crippen LogP contribution in [-0.4, -0.2) is 22.7 Å². The maximum atomic E-state index is 10.8. The van der Waals surface area contributed by atoms with E-state index in [0.717, 1.165) is 5.56 Å². The molecule has 2 N–H and O–H groups in total. The van der Waals surface area contributed by atoms with Gasteiger partial charge in [0, 0.05) is 25.3 Å². The molecule has 0 amide bonds. The predicted molar refractivity (Wildman–Crippen MR) is 73.3 cm³/mol. The summed E-state index contributed by atoms with van der Waals surface area (Å²) < 4.78 is 0.506. The lowest BCUT2D eigenvalue weighted by Gasteiger charge is -2.19. The van der Waals surface area contributed by atoms with Crippen LogP contribution >= 0.6 is 15.9 Å². The molecule has 0 saturated heterocycles. The molecule has 18 heavy (non-hydrogen) atoms. The number of benzene rings is 1. The number of nitrogens with zero attached hydrogens (tertiary/aromatic N) is 1. The Morgan fingerprint density at radius 1 is 1.50 bits per heavy atom. The Morgan fingerprint density at radius 3 is 2.72 bits per heavy atom. The van der Waals surface area contributed by atoms with Crippen LogP contribution in [0.15, 0.2) is 22.7 Å². The molecule has 0 aliphatic heterocycles. The number of rotatable bonds is 6. The number of halogens is 1. The zero-order valence-electron chi connectivity index (χ0n) is 10.4. The number of nitro benzene ring substituents is 1. The summed E-state index contributed by atoms with van der Waals surface area (Å²) in [4.78, 5) is 10.4. The third-order valence-electron chi connectivity index (χ3n) is 3.01. The van der Waals surface area contributed by atoms with Crippen LogP contribution in [0.3, 0.4) is 0 Å². The van der Waals surface area contributed by atoms with Crippen molar-refractivity contribution in [1.82, 2.24) is 5.32 Å². The maximum Gasteiger partial charge on any atom is 0.283 e. The van der Waals surface area contributed by atoms with Gasteiger partial charge in [-0.15, -0.1) is 0 Å². The van der Waals surface area contributed by atoms with Gasteiger partial charge in [0.15, 0.2) is 0 Å². The highest BCUT2D eigenvalue weighted by Gasteiger charge is 2.16. The maximum absolute atomic E-state index is 10.8. The molecule has 0 saturated carbocycles. The summed E-state index contributed by atoms with van der Waals surface area (Å²) in [7, 11) is 0. The lowest BCUT2D eigenvalue weighted by Crippen LogP contribution is -2.33. The standard InChI is InChI=1S/C12H17BrN2O3/c1-8(7-16)9(2)14-6-10-4-3-5-11(12(10)13)15(17)18/h3-5,8-9,14,16H,6-7H2,1-2H3. The summed E-state index contributed by atoms with van der Waals surface area (Å²) in [5.41, 5.74) is 0.901. The van der Waals surface area contributed by atoms with Crippen molar-refractivity contribution < 1.29 is 10.0 Å². The molecular formula is C12H17BrN2O3. The first kappa shape index (κ1) is 15.1. The van der Waals surface area contributed by atoms with Gasteiger partial charge in [-0.1, -0.05) is 19.1 Å². The Balaban J connectivity index is 2.74. The smallest absolute Gasteiger partial charge is 0.283 e. The third-order valence-corrected chi connectivity index (χ3v) is 3.93. The van der Waals surface area contributed by atoms with Gasteiger partial charge < -0.3 is 10.4 Å². The van der Waals surface area contributed by atoms with Crippen LogP contribution in [0.2, 0.25) is 0 Å². The molecule has 0 fully saturated rings. The van der Waals surface area contributed by atoms with Gasteiger partial charge in [-0.05, 0) is 34.3 Å². The SMILES string of the molecule is CC(CO)C(C)NCc1cccc([N+](=O)[O-])c1Br. The van der Waals surface area contributed by atoms with E-state index in [1.54, 1.807) is 6.07 Å². The van der Waals surface area contributed by atoms with Gasteiger partial charge in [0.05, 0.1) is 9.40 Å². The monoisotopic (exact) mass is 316 g/mol. The largest absolute Gasteiger partial charge is 0.396 e. The van der Waals surface area contributed by atoms with Crippen molar-refractivity contribution in [3.8, 4) is 0 Å². The van der Waals surface area contributed by atoms with Crippen LogP contribution in [0.5, 0.6) is 0 Å². The highest BCUT2D eigenvalue weighted by Crippen LogP contribution is 2.28. The van der Waals surface area contributed by atoms with Gasteiger partial charge in [0.1, 0.15) is 0 Å². The number of nitro groups is 1. The van der Waals surface area contributed by atoms with E-state index in [1.165, 1.54) is 6.07 Å². The summed E-state index contributed by atoms with van der Waals surface area (Å²) in [6.07, 6.45) is 0. The van der Waals surface area contributed by atoms with Gasteiger partial charge in [-0.2, -0.15) is 0 Å². The van der Waals surface area contributed by atoms with Crippen LogP contribution in [0.25, 0.3) is 0 Å². The Labute approximate surface area is 114 Å². The molecule has 0 bridgehead atoms. The van der Waals surface area contributed by atoms with E-state index in [-0.39, 0.29) is 24.3 Å². The molecule has 0 heterocycles. The van der Waals surface area contributed by atoms with E-state index >= 15 is 0 Å². The fraction of sp³-hybridized carbons (Fsp3) is 0.500. The molecule has 1 aromatic rings. The van der Waals surface area contributed by atoms with Gasteiger partial charge in [-0.25, -0.2) is 0 Å². The van der Waals surface area contributed by atoms with Gasteiger partial charge in [-0.3, -0.25) is 10.1 Å². The van der Waals surface area contributed by atoms with Crippen LogP contribution in [0, 0.1) is 16.0 Å². The molecule has 6 heteroatoms. The molecule has 1 aromatic carbocycles. The molecule has 5 nitrogen and oxygen atoms in total. The number of aliphatic hydroxyl groups is 1. The van der Waals surface area contributed by atoms with E-state index in [1.807, 2.05) is 19.9 Å². The van der Waals surface area contributed by atoms with Gasteiger partial charge in [0.2, 0.25) is 0 Å². The minimum atomic E-state index is -0.409. The van der Waals surface area contributed by atoms with Gasteiger partial charge in [0.25, 0.3) is 5.69 Å². The number of hydrogen-bond acceptors (Lipinski definition) is 4. The Kier molecular flexibility index (Phi) is 5.71. The molecular weight excluding hydrogens is 300 g/mol. The molecule has 0 aromatic heterocycles. The summed E-state index contributed by atoms with van der Waals surface area (Å²) in [5.74, 6) is 0.141. The Morgan fingerprint density at radius 2 is 2.17 bits per heavy atom. The van der Waals surface area contributed by atoms with Crippen molar-refractivity contribution >= 4 is 21.6 Å². The molecule has 0 radical (unpaired) electrons. The third kappa shape index (κ3) is 3.76. The van der Waals surface area contributed by atoms with Crippen molar-refractivity contribution in [2.45, 2.75) is 26.4 Å². The molecule has 2 unspecified atom stereocenters. The molecule has 1 rings (SSSR count). The summed E-state index contributed by atoms with van der Waals surface area (Å²) in [6.45, 7) is 4.56. The molecule has 0 spiro atoms. The van der Waals surface area contributed by atoms with Crippen molar-refractivity contribution in [2.24, 2.45) is 5.92 Å². The molecule has 0 aliphatic rings. The number of hydrogen-bond donors (Lipinski definition) is 2. The van der Waals surface area contributed by atoms with Crippen LogP contribution in [0.1, 0.15) is 19.4 Å². The molecule has 2 atom stereocenters. The molecule has 100 valence electrons. The summed E-state index contributed by atoms with van der Waals surface area (Å²) in [6, 6.07) is 5.11. The van der Waals surface area contributed by atoms with Crippen molar-refractivity contribution in [2.75, 3.05) is 6.61 Å². The Hall–Kier alpha value is -0.980. The fourth-order valence-corrected chi connectivity index (χ4v) is 2.02. The molecule has 0 aliphatic carbocycles. The second kappa shape index (κ2) is 6.82. The van der Waals surface area contributed by atoms with E-state index in [2.05, 4.69) is 21.2 Å². The first-order chi connectivity index (χ1) is 8.47. The van der Waals surface area contributed by atoms with Crippen molar-refractivity contribution in [3.05, 3.63) is 38.3 Å². The minimum absolute atomic E-state index is 0.0668. The Bertz CT molecular complexity index is 426. The average molecular weight is 317 g/mol. The normalized spacial score (nSPS) is 14.2. The zero-order chi connectivity index (χ0) is 13.7. The van der Waals surface area contributed by atoms with Crippen LogP contribution in [0.4, 0.5) is 5.69 Å². The van der Waals surface area contributed by atoms with Crippen LogP contribution in [-0.2, 0) is 6.54 Å². The first-order valence-electron chi connectivity index (χ1n) is 5.73. The number of aliphatic hydroxyl groups excluding tert-OH is 1. The fourth-order valence-electron chi connectivity index (χ4n) is 1.47. The second-order valence-corrected chi connectivity index (χ2v) is 5.13. The quantitative estimate of drug-likeness (QED) is 0.624. The zero-order valence-corrected chi connectivity index (χ0v) is 12.0. The lowest BCUT2D eigenvalue weighted by molar-refractivity contribution is -0.385. The summed E-state index contributed by atoms with van der Waals surface area (Å²) >= 11 is 3.26. The van der Waals surface area contributed by atoms with E-state index < -0.39 is 4.92 Å². The topological polar surface area (TPSA) is 75.4 Å². The van der Waals surface area contributed by atoms with Crippen LogP contribution < -0.4 is 5.32 Å². The highest BCUT2D eigenvalue weighted by atomic mass is 79.9. The highest BCUT2D eigenvalue weighted by molar-refractivity contribution is 9.10.